The van der Waals surface area contributed by atoms with Crippen LogP contribution in [0.3, 0.4) is 0 Å². The SMILES string of the molecule is CCCNCCCS(=O)(=O)NCc1nncn1C. The van der Waals surface area contributed by atoms with Crippen molar-refractivity contribution in [3.8, 4) is 0 Å². The molecule has 18 heavy (non-hydrogen) atoms. The topological polar surface area (TPSA) is 88.9 Å². The van der Waals surface area contributed by atoms with Gasteiger partial charge in [0.2, 0.25) is 10.0 Å². The summed E-state index contributed by atoms with van der Waals surface area (Å²) in [5.74, 6) is 0.726. The van der Waals surface area contributed by atoms with Gasteiger partial charge in [0.15, 0.2) is 0 Å². The van der Waals surface area contributed by atoms with Crippen molar-refractivity contribution in [3.63, 3.8) is 0 Å². The number of nitrogens with one attached hydrogen (secondary N) is 2. The Bertz CT molecular complexity index is 443. The molecule has 0 aliphatic rings. The van der Waals surface area contributed by atoms with Gasteiger partial charge in [-0.25, -0.2) is 13.1 Å². The van der Waals surface area contributed by atoms with Gasteiger partial charge in [-0.15, -0.1) is 10.2 Å². The van der Waals surface area contributed by atoms with Crippen molar-refractivity contribution in [1.29, 1.82) is 0 Å². The quantitative estimate of drug-likeness (QED) is 0.600. The molecule has 1 heterocycles. The molecule has 2 N–H and O–H groups in total. The Kier molecular flexibility index (Phi) is 6.23. The normalized spacial score (nSPS) is 11.9. The van der Waals surface area contributed by atoms with Crippen molar-refractivity contribution in [2.75, 3.05) is 18.8 Å². The minimum atomic E-state index is -3.23. The zero-order valence-electron chi connectivity index (χ0n) is 10.9. The van der Waals surface area contributed by atoms with E-state index in [-0.39, 0.29) is 12.3 Å². The van der Waals surface area contributed by atoms with Crippen LogP contribution < -0.4 is 10.0 Å². The highest BCUT2D eigenvalue weighted by molar-refractivity contribution is 7.89. The van der Waals surface area contributed by atoms with Gasteiger partial charge in [0.05, 0.1) is 12.3 Å². The van der Waals surface area contributed by atoms with Gasteiger partial charge in [0, 0.05) is 7.05 Å². The van der Waals surface area contributed by atoms with Gasteiger partial charge >= 0.3 is 0 Å². The largest absolute Gasteiger partial charge is 0.320 e. The third kappa shape index (κ3) is 5.56. The number of nitrogens with zero attached hydrogens (tertiary/aromatic N) is 3. The number of aryl methyl sites for hydroxylation is 1. The standard InChI is InChI=1S/C10H21N5O2S/c1-3-5-11-6-4-7-18(16,17)13-8-10-14-12-9-15(10)2/h9,11,13H,3-8H2,1-2H3. The Balaban J connectivity index is 2.25. The Hall–Kier alpha value is -0.990. The maximum Gasteiger partial charge on any atom is 0.212 e. The first-order valence-electron chi connectivity index (χ1n) is 6.06. The maximum absolute atomic E-state index is 11.7. The Morgan fingerprint density at radius 2 is 2.17 bits per heavy atom. The molecule has 0 aliphatic carbocycles. The molecular weight excluding hydrogens is 254 g/mol. The van der Waals surface area contributed by atoms with Crippen LogP contribution in [0.2, 0.25) is 0 Å². The molecular formula is C10H21N5O2S. The third-order valence-corrected chi connectivity index (χ3v) is 3.86. The molecule has 0 saturated heterocycles. The number of hydrogen-bond donors (Lipinski definition) is 2. The zero-order valence-corrected chi connectivity index (χ0v) is 11.7. The zero-order chi connectivity index (χ0) is 13.4. The average molecular weight is 275 g/mol. The molecule has 0 bridgehead atoms. The fourth-order valence-electron chi connectivity index (χ4n) is 1.40. The monoisotopic (exact) mass is 275 g/mol. The van der Waals surface area contributed by atoms with Gasteiger partial charge in [0.25, 0.3) is 0 Å². The molecule has 0 amide bonds. The van der Waals surface area contributed by atoms with Crippen molar-refractivity contribution in [3.05, 3.63) is 12.2 Å². The smallest absolute Gasteiger partial charge is 0.212 e. The van der Waals surface area contributed by atoms with Crippen molar-refractivity contribution in [2.24, 2.45) is 7.05 Å². The highest BCUT2D eigenvalue weighted by Crippen LogP contribution is 1.94. The first-order chi connectivity index (χ1) is 8.55. The second kappa shape index (κ2) is 7.45. The Morgan fingerprint density at radius 1 is 1.39 bits per heavy atom. The van der Waals surface area contributed by atoms with E-state index in [1.54, 1.807) is 11.6 Å². The lowest BCUT2D eigenvalue weighted by Crippen LogP contribution is -2.29. The van der Waals surface area contributed by atoms with E-state index in [9.17, 15) is 8.42 Å². The van der Waals surface area contributed by atoms with Crippen LogP contribution in [-0.2, 0) is 23.6 Å². The van der Waals surface area contributed by atoms with Crippen LogP contribution in [0.1, 0.15) is 25.6 Å². The summed E-state index contributed by atoms with van der Waals surface area (Å²) >= 11 is 0. The first kappa shape index (κ1) is 15.1. The molecule has 1 rings (SSSR count). The molecule has 0 spiro atoms. The molecule has 0 aromatic carbocycles. The molecule has 0 fully saturated rings. The van der Waals surface area contributed by atoms with Crippen LogP contribution in [0.4, 0.5) is 0 Å². The summed E-state index contributed by atoms with van der Waals surface area (Å²) in [5.41, 5.74) is 0. The molecule has 1 aromatic rings. The molecule has 0 unspecified atom stereocenters. The van der Waals surface area contributed by atoms with Crippen LogP contribution in [0, 0.1) is 0 Å². The first-order valence-corrected chi connectivity index (χ1v) is 7.71. The van der Waals surface area contributed by atoms with E-state index in [4.69, 9.17) is 0 Å². The Labute approximate surface area is 108 Å². The molecule has 7 nitrogen and oxygen atoms in total. The fourth-order valence-corrected chi connectivity index (χ4v) is 2.42. The summed E-state index contributed by atoms with van der Waals surface area (Å²) in [7, 11) is -1.46. The van der Waals surface area contributed by atoms with Gasteiger partial charge < -0.3 is 9.88 Å². The minimum absolute atomic E-state index is 0.127. The van der Waals surface area contributed by atoms with Crippen molar-refractivity contribution >= 4 is 10.0 Å². The molecule has 0 atom stereocenters. The summed E-state index contributed by atoms with van der Waals surface area (Å²) in [4.78, 5) is 0. The van der Waals surface area contributed by atoms with Gasteiger partial charge in [-0.3, -0.25) is 0 Å². The number of aromatic nitrogens is 3. The predicted octanol–water partition coefficient (Wildman–Crippen LogP) is -0.376. The number of hydrogen-bond acceptors (Lipinski definition) is 5. The van der Waals surface area contributed by atoms with Crippen LogP contribution >= 0.6 is 0 Å². The second-order valence-electron chi connectivity index (χ2n) is 4.10. The van der Waals surface area contributed by atoms with Crippen LogP contribution in [-0.4, -0.2) is 42.0 Å². The van der Waals surface area contributed by atoms with E-state index < -0.39 is 10.0 Å². The summed E-state index contributed by atoms with van der Waals surface area (Å²) in [6, 6.07) is 0. The van der Waals surface area contributed by atoms with E-state index in [0.29, 0.717) is 12.2 Å². The Morgan fingerprint density at radius 3 is 2.78 bits per heavy atom. The number of sulfonamides is 1. The lowest BCUT2D eigenvalue weighted by molar-refractivity contribution is 0.570. The van der Waals surface area contributed by atoms with Crippen molar-refractivity contribution < 1.29 is 8.42 Å². The molecule has 104 valence electrons. The maximum atomic E-state index is 11.7. The van der Waals surface area contributed by atoms with Crippen molar-refractivity contribution in [2.45, 2.75) is 26.3 Å². The molecule has 1 aromatic heterocycles. The van der Waals surface area contributed by atoms with E-state index in [0.717, 1.165) is 19.5 Å². The average Bonchev–Trinajstić information content (AvgIpc) is 2.72. The highest BCUT2D eigenvalue weighted by atomic mass is 32.2. The molecule has 8 heteroatoms. The van der Waals surface area contributed by atoms with E-state index >= 15 is 0 Å². The van der Waals surface area contributed by atoms with Gasteiger partial charge in [0.1, 0.15) is 12.2 Å². The summed E-state index contributed by atoms with van der Waals surface area (Å²) in [6.07, 6.45) is 3.20. The summed E-state index contributed by atoms with van der Waals surface area (Å²) in [5, 5.41) is 10.7. The van der Waals surface area contributed by atoms with E-state index in [2.05, 4.69) is 27.2 Å². The van der Waals surface area contributed by atoms with Gasteiger partial charge in [-0.1, -0.05) is 6.92 Å². The molecule has 0 radical (unpaired) electrons. The fraction of sp³-hybridized carbons (Fsp3) is 0.800. The summed E-state index contributed by atoms with van der Waals surface area (Å²) in [6.45, 7) is 3.90. The van der Waals surface area contributed by atoms with Crippen molar-refractivity contribution in [1.82, 2.24) is 24.8 Å². The highest BCUT2D eigenvalue weighted by Gasteiger charge is 2.11. The van der Waals surface area contributed by atoms with Gasteiger partial charge in [-0.05, 0) is 25.9 Å². The van der Waals surface area contributed by atoms with Crippen LogP contribution in [0.5, 0.6) is 0 Å². The third-order valence-electron chi connectivity index (χ3n) is 2.45. The summed E-state index contributed by atoms with van der Waals surface area (Å²) < 4.78 is 27.5. The molecule has 0 saturated carbocycles. The number of rotatable bonds is 9. The molecule has 0 aliphatic heterocycles. The lowest BCUT2D eigenvalue weighted by atomic mass is 10.4. The van der Waals surface area contributed by atoms with E-state index in [1.807, 2.05) is 0 Å². The second-order valence-corrected chi connectivity index (χ2v) is 6.03. The van der Waals surface area contributed by atoms with E-state index in [1.165, 1.54) is 6.33 Å². The lowest BCUT2D eigenvalue weighted by Gasteiger charge is -2.06. The van der Waals surface area contributed by atoms with Gasteiger partial charge in [-0.2, -0.15) is 0 Å². The van der Waals surface area contributed by atoms with Crippen LogP contribution in [0.25, 0.3) is 0 Å². The predicted molar refractivity (Wildman–Crippen MR) is 69.4 cm³/mol. The van der Waals surface area contributed by atoms with Crippen LogP contribution in [0.15, 0.2) is 6.33 Å². The minimum Gasteiger partial charge on any atom is -0.320 e.